The summed E-state index contributed by atoms with van der Waals surface area (Å²) < 4.78 is 6.42. The Balaban J connectivity index is 1.47. The first-order valence-electron chi connectivity index (χ1n) is 13.4. The second-order valence-corrected chi connectivity index (χ2v) is 10.9. The van der Waals surface area contributed by atoms with Gasteiger partial charge in [0.25, 0.3) is 0 Å². The minimum absolute atomic E-state index is 0.0402. The molecule has 0 aliphatic heterocycles. The third kappa shape index (κ3) is 5.04. The van der Waals surface area contributed by atoms with Gasteiger partial charge < -0.3 is 9.52 Å². The molecular formula is C36H30N2O2. The van der Waals surface area contributed by atoms with Gasteiger partial charge in [-0.25, -0.2) is 4.98 Å². The van der Waals surface area contributed by atoms with Crippen molar-refractivity contribution in [1.82, 2.24) is 4.98 Å². The lowest BCUT2D eigenvalue weighted by atomic mass is 9.86. The van der Waals surface area contributed by atoms with Gasteiger partial charge in [-0.3, -0.25) is 4.99 Å². The van der Waals surface area contributed by atoms with Crippen LogP contribution in [-0.4, -0.2) is 16.3 Å². The summed E-state index contributed by atoms with van der Waals surface area (Å²) >= 11 is 0. The number of aliphatic imine (C=N–C) groups is 1. The summed E-state index contributed by atoms with van der Waals surface area (Å²) in [6, 6.07) is 38.2. The van der Waals surface area contributed by atoms with Crippen LogP contribution >= 0.6 is 0 Å². The number of benzene rings is 5. The molecule has 40 heavy (non-hydrogen) atoms. The normalized spacial score (nSPS) is 11.9. The van der Waals surface area contributed by atoms with Crippen LogP contribution < -0.4 is 0 Å². The Bertz CT molecular complexity index is 1830. The topological polar surface area (TPSA) is 58.6 Å². The van der Waals surface area contributed by atoms with Crippen LogP contribution in [0.15, 0.2) is 125 Å². The molecule has 1 aromatic heterocycles. The van der Waals surface area contributed by atoms with E-state index in [9.17, 15) is 5.11 Å². The first kappa shape index (κ1) is 25.3. The molecule has 0 aliphatic rings. The van der Waals surface area contributed by atoms with Gasteiger partial charge in [-0.05, 0) is 64.1 Å². The third-order valence-electron chi connectivity index (χ3n) is 7.06. The molecule has 0 bridgehead atoms. The minimum atomic E-state index is -0.0402. The van der Waals surface area contributed by atoms with Crippen LogP contribution in [0.1, 0.15) is 31.9 Å². The fourth-order valence-corrected chi connectivity index (χ4v) is 4.81. The summed E-state index contributed by atoms with van der Waals surface area (Å²) in [6.07, 6.45) is 1.70. The number of para-hydroxylation sites is 1. The predicted molar refractivity (Wildman–Crippen MR) is 164 cm³/mol. The Morgan fingerprint density at radius 1 is 0.700 bits per heavy atom. The van der Waals surface area contributed by atoms with Crippen molar-refractivity contribution in [3.63, 3.8) is 0 Å². The lowest BCUT2D eigenvalue weighted by Gasteiger charge is -2.19. The number of hydrogen-bond acceptors (Lipinski definition) is 4. The Kier molecular flexibility index (Phi) is 6.53. The average Bonchev–Trinajstić information content (AvgIpc) is 3.41. The van der Waals surface area contributed by atoms with Crippen molar-refractivity contribution >= 4 is 23.0 Å². The molecule has 4 nitrogen and oxygen atoms in total. The number of rotatable bonds is 5. The van der Waals surface area contributed by atoms with E-state index in [1.807, 2.05) is 72.8 Å². The molecule has 0 atom stereocenters. The molecule has 6 rings (SSSR count). The van der Waals surface area contributed by atoms with Crippen LogP contribution in [0.25, 0.3) is 44.8 Å². The molecule has 0 saturated heterocycles. The van der Waals surface area contributed by atoms with E-state index in [0.29, 0.717) is 22.7 Å². The fraction of sp³-hybridized carbons (Fsp3) is 0.111. The smallest absolute Gasteiger partial charge is 0.229 e. The quantitative estimate of drug-likeness (QED) is 0.229. The standard InChI is InChI=1S/C36H30N2O2/c1-36(2,3)28-18-19-32(39)27(20-28)23-37-31-17-11-10-16-29(31)35-38-34-30(25-14-8-5-9-15-25)21-26(22-33(34)40-35)24-12-6-4-7-13-24/h4-23,39H,1-3H3. The highest BCUT2D eigenvalue weighted by Crippen LogP contribution is 2.38. The maximum Gasteiger partial charge on any atom is 0.229 e. The van der Waals surface area contributed by atoms with Crippen molar-refractivity contribution in [2.45, 2.75) is 26.2 Å². The van der Waals surface area contributed by atoms with E-state index >= 15 is 0 Å². The molecule has 0 radical (unpaired) electrons. The number of fused-ring (bicyclic) bond motifs is 1. The summed E-state index contributed by atoms with van der Waals surface area (Å²) in [4.78, 5) is 9.75. The highest BCUT2D eigenvalue weighted by molar-refractivity contribution is 5.96. The Hall–Kier alpha value is -4.96. The zero-order valence-corrected chi connectivity index (χ0v) is 22.8. The monoisotopic (exact) mass is 522 g/mol. The minimum Gasteiger partial charge on any atom is -0.507 e. The Labute approximate surface area is 234 Å². The van der Waals surface area contributed by atoms with E-state index in [2.05, 4.69) is 57.2 Å². The van der Waals surface area contributed by atoms with Gasteiger partial charge in [0, 0.05) is 17.3 Å². The van der Waals surface area contributed by atoms with Crippen LogP contribution in [0.5, 0.6) is 5.75 Å². The van der Waals surface area contributed by atoms with E-state index in [4.69, 9.17) is 14.4 Å². The van der Waals surface area contributed by atoms with E-state index in [1.165, 1.54) is 0 Å². The van der Waals surface area contributed by atoms with Crippen molar-refractivity contribution in [3.8, 4) is 39.5 Å². The molecule has 5 aromatic carbocycles. The molecule has 4 heteroatoms. The van der Waals surface area contributed by atoms with Crippen LogP contribution in [0, 0.1) is 0 Å². The molecule has 0 unspecified atom stereocenters. The summed E-state index contributed by atoms with van der Waals surface area (Å²) in [5.74, 6) is 0.690. The van der Waals surface area contributed by atoms with Crippen molar-refractivity contribution in [2.75, 3.05) is 0 Å². The molecular weight excluding hydrogens is 492 g/mol. The van der Waals surface area contributed by atoms with Gasteiger partial charge in [-0.2, -0.15) is 0 Å². The largest absolute Gasteiger partial charge is 0.507 e. The van der Waals surface area contributed by atoms with Crippen molar-refractivity contribution in [1.29, 1.82) is 0 Å². The average molecular weight is 523 g/mol. The number of phenolic OH excluding ortho intramolecular Hbond substituents is 1. The molecule has 0 fully saturated rings. The van der Waals surface area contributed by atoms with Gasteiger partial charge in [0.1, 0.15) is 11.3 Å². The summed E-state index contributed by atoms with van der Waals surface area (Å²) in [5, 5.41) is 10.5. The fourth-order valence-electron chi connectivity index (χ4n) is 4.81. The molecule has 196 valence electrons. The van der Waals surface area contributed by atoms with E-state index in [1.54, 1.807) is 12.3 Å². The number of hydrogen-bond donors (Lipinski definition) is 1. The SMILES string of the molecule is CC(C)(C)c1ccc(O)c(C=Nc2ccccc2-c2nc3c(-c4ccccc4)cc(-c4ccccc4)cc3o2)c1. The summed E-state index contributed by atoms with van der Waals surface area (Å²) in [5.41, 5.74) is 9.02. The molecule has 0 aliphatic carbocycles. The highest BCUT2D eigenvalue weighted by atomic mass is 16.3. The number of phenols is 1. The Morgan fingerprint density at radius 2 is 1.38 bits per heavy atom. The van der Waals surface area contributed by atoms with E-state index < -0.39 is 0 Å². The molecule has 6 aromatic rings. The van der Waals surface area contributed by atoms with Gasteiger partial charge in [0.2, 0.25) is 5.89 Å². The van der Waals surface area contributed by atoms with Crippen LogP contribution in [0.3, 0.4) is 0 Å². The lowest BCUT2D eigenvalue weighted by Crippen LogP contribution is -2.11. The predicted octanol–water partition coefficient (Wildman–Crippen LogP) is 9.58. The first-order chi connectivity index (χ1) is 19.4. The number of aromatic nitrogens is 1. The maximum atomic E-state index is 10.5. The summed E-state index contributed by atoms with van der Waals surface area (Å²) in [7, 11) is 0. The Morgan fingerprint density at radius 3 is 2.10 bits per heavy atom. The molecule has 0 spiro atoms. The third-order valence-corrected chi connectivity index (χ3v) is 7.06. The molecule has 1 N–H and O–H groups in total. The van der Waals surface area contributed by atoms with Gasteiger partial charge >= 0.3 is 0 Å². The second-order valence-electron chi connectivity index (χ2n) is 10.9. The van der Waals surface area contributed by atoms with Crippen LogP contribution in [0.2, 0.25) is 0 Å². The highest BCUT2D eigenvalue weighted by Gasteiger charge is 2.18. The number of nitrogens with zero attached hydrogens (tertiary/aromatic N) is 2. The van der Waals surface area contributed by atoms with Gasteiger partial charge in [0.15, 0.2) is 5.58 Å². The van der Waals surface area contributed by atoms with Crippen molar-refractivity contribution in [2.24, 2.45) is 4.99 Å². The molecule has 1 heterocycles. The molecule has 0 saturated carbocycles. The number of oxazole rings is 1. The summed E-state index contributed by atoms with van der Waals surface area (Å²) in [6.45, 7) is 6.45. The van der Waals surface area contributed by atoms with Gasteiger partial charge in [-0.15, -0.1) is 0 Å². The number of aromatic hydroxyl groups is 1. The zero-order valence-electron chi connectivity index (χ0n) is 22.8. The maximum absolute atomic E-state index is 10.5. The van der Waals surface area contributed by atoms with Crippen LogP contribution in [-0.2, 0) is 5.41 Å². The van der Waals surface area contributed by atoms with Gasteiger partial charge in [0.05, 0.1) is 11.3 Å². The zero-order chi connectivity index (χ0) is 27.7. The van der Waals surface area contributed by atoms with E-state index in [-0.39, 0.29) is 11.2 Å². The van der Waals surface area contributed by atoms with Gasteiger partial charge in [-0.1, -0.05) is 99.6 Å². The molecule has 0 amide bonds. The van der Waals surface area contributed by atoms with Crippen molar-refractivity contribution in [3.05, 3.63) is 126 Å². The van der Waals surface area contributed by atoms with E-state index in [0.717, 1.165) is 38.9 Å². The lowest BCUT2D eigenvalue weighted by molar-refractivity contribution is 0.473. The second kappa shape index (κ2) is 10.3. The van der Waals surface area contributed by atoms with Crippen LogP contribution in [0.4, 0.5) is 5.69 Å². The first-order valence-corrected chi connectivity index (χ1v) is 13.4. The van der Waals surface area contributed by atoms with Crippen molar-refractivity contribution < 1.29 is 9.52 Å².